The minimum Gasteiger partial charge on any atom is -0.351 e. The number of benzene rings is 2. The highest BCUT2D eigenvalue weighted by Crippen LogP contribution is 2.38. The van der Waals surface area contributed by atoms with Gasteiger partial charge in [0.25, 0.3) is 5.91 Å². The fraction of sp³-hybridized carbons (Fsp3) is 0.481. The van der Waals surface area contributed by atoms with Gasteiger partial charge in [-0.3, -0.25) is 9.59 Å². The van der Waals surface area contributed by atoms with Crippen LogP contribution in [0.25, 0.3) is 0 Å². The topological polar surface area (TPSA) is 49.4 Å². The maximum Gasteiger partial charge on any atom is 0.255 e. The number of carbonyl (C=O) groups is 2. The number of amides is 2. The summed E-state index contributed by atoms with van der Waals surface area (Å²) >= 11 is 0. The largest absolute Gasteiger partial charge is 0.351 e. The fourth-order valence-electron chi connectivity index (χ4n) is 5.31. The normalized spacial score (nSPS) is 23.4. The van der Waals surface area contributed by atoms with Crippen LogP contribution in [0.15, 0.2) is 54.6 Å². The molecule has 0 bridgehead atoms. The lowest BCUT2D eigenvalue weighted by Crippen LogP contribution is -2.64. The van der Waals surface area contributed by atoms with Gasteiger partial charge in [-0.25, -0.2) is 0 Å². The second-order valence-corrected chi connectivity index (χ2v) is 9.39. The molecule has 2 aromatic rings. The van der Waals surface area contributed by atoms with E-state index in [0.717, 1.165) is 36.8 Å². The Balaban J connectivity index is 1.67. The van der Waals surface area contributed by atoms with Crippen LogP contribution < -0.4 is 5.32 Å². The minimum absolute atomic E-state index is 0.0243. The summed E-state index contributed by atoms with van der Waals surface area (Å²) in [6, 6.07) is 17.7. The first kappa shape index (κ1) is 21.6. The van der Waals surface area contributed by atoms with Crippen LogP contribution in [0.2, 0.25) is 0 Å². The molecule has 2 atom stereocenters. The SMILES string of the molecule is C[C@@H](c1ccccc1)N1C(=O)c2ccccc2C[C@@]1(C)C(=O)NC1CCCCCCC1. The molecule has 0 unspecified atom stereocenters. The Hall–Kier alpha value is -2.62. The van der Waals surface area contributed by atoms with Crippen molar-refractivity contribution in [3.05, 3.63) is 71.3 Å². The second-order valence-electron chi connectivity index (χ2n) is 9.39. The third-order valence-corrected chi connectivity index (χ3v) is 7.13. The zero-order valence-corrected chi connectivity index (χ0v) is 18.8. The number of nitrogens with zero attached hydrogens (tertiary/aromatic N) is 1. The summed E-state index contributed by atoms with van der Waals surface area (Å²) in [5.74, 6) is -0.0859. The molecule has 2 aromatic carbocycles. The number of fused-ring (bicyclic) bond motifs is 1. The van der Waals surface area contributed by atoms with Crippen LogP contribution in [-0.2, 0) is 11.2 Å². The van der Waals surface area contributed by atoms with Crippen molar-refractivity contribution < 1.29 is 9.59 Å². The minimum atomic E-state index is -0.928. The highest BCUT2D eigenvalue weighted by Gasteiger charge is 2.49. The Kier molecular flexibility index (Phi) is 6.45. The summed E-state index contributed by atoms with van der Waals surface area (Å²) in [6.45, 7) is 3.97. The monoisotopic (exact) mass is 418 g/mol. The Morgan fingerprint density at radius 1 is 0.968 bits per heavy atom. The highest BCUT2D eigenvalue weighted by atomic mass is 16.2. The summed E-state index contributed by atoms with van der Waals surface area (Å²) in [4.78, 5) is 29.3. The summed E-state index contributed by atoms with van der Waals surface area (Å²) in [6.07, 6.45) is 8.69. The summed E-state index contributed by atoms with van der Waals surface area (Å²) in [5.41, 5.74) is 1.78. The van der Waals surface area contributed by atoms with Gasteiger partial charge in [-0.15, -0.1) is 0 Å². The third kappa shape index (κ3) is 4.39. The molecule has 0 radical (unpaired) electrons. The molecule has 1 aliphatic carbocycles. The molecule has 4 heteroatoms. The molecule has 1 aliphatic heterocycles. The number of hydrogen-bond donors (Lipinski definition) is 1. The van der Waals surface area contributed by atoms with Crippen molar-refractivity contribution in [1.29, 1.82) is 0 Å². The van der Waals surface area contributed by atoms with Gasteiger partial charge in [-0.1, -0.05) is 80.6 Å². The maximum atomic E-state index is 13.8. The Labute approximate surface area is 186 Å². The Morgan fingerprint density at radius 3 is 2.29 bits per heavy atom. The van der Waals surface area contributed by atoms with Gasteiger partial charge in [-0.05, 0) is 43.9 Å². The lowest BCUT2D eigenvalue weighted by molar-refractivity contribution is -0.133. The molecular weight excluding hydrogens is 384 g/mol. The summed E-state index contributed by atoms with van der Waals surface area (Å²) in [5, 5.41) is 3.35. The van der Waals surface area contributed by atoms with E-state index in [-0.39, 0.29) is 23.9 Å². The predicted molar refractivity (Wildman–Crippen MR) is 124 cm³/mol. The Bertz CT molecular complexity index is 918. The molecule has 4 nitrogen and oxygen atoms in total. The molecule has 4 rings (SSSR count). The number of nitrogens with one attached hydrogen (secondary N) is 1. The molecule has 0 saturated heterocycles. The zero-order chi connectivity index (χ0) is 21.8. The lowest BCUT2D eigenvalue weighted by atomic mass is 9.80. The molecule has 31 heavy (non-hydrogen) atoms. The molecule has 2 aliphatic rings. The van der Waals surface area contributed by atoms with E-state index < -0.39 is 5.54 Å². The molecule has 1 N–H and O–H groups in total. The van der Waals surface area contributed by atoms with E-state index in [1.807, 2.05) is 73.3 Å². The number of hydrogen-bond acceptors (Lipinski definition) is 2. The predicted octanol–water partition coefficient (Wildman–Crippen LogP) is 5.43. The first-order valence-electron chi connectivity index (χ1n) is 11.8. The van der Waals surface area contributed by atoms with E-state index in [0.29, 0.717) is 12.0 Å². The molecule has 2 amide bonds. The first-order valence-corrected chi connectivity index (χ1v) is 11.8. The van der Waals surface area contributed by atoms with Gasteiger partial charge < -0.3 is 10.2 Å². The third-order valence-electron chi connectivity index (χ3n) is 7.13. The molecule has 1 heterocycles. The van der Waals surface area contributed by atoms with Crippen molar-refractivity contribution in [3.63, 3.8) is 0 Å². The number of rotatable bonds is 4. The fourth-order valence-corrected chi connectivity index (χ4v) is 5.31. The van der Waals surface area contributed by atoms with E-state index in [1.54, 1.807) is 0 Å². The van der Waals surface area contributed by atoms with Crippen LogP contribution in [0, 0.1) is 0 Å². The standard InChI is InChI=1S/C27H34N2O2/c1-20(21-13-7-6-8-14-21)29-25(30)24-18-12-11-15-22(24)19-27(29,2)26(31)28-23-16-9-4-3-5-10-17-23/h6-8,11-15,18,20,23H,3-5,9-10,16-17,19H2,1-2H3,(H,28,31)/t20-,27-/m0/s1. The molecule has 1 fully saturated rings. The first-order chi connectivity index (χ1) is 15.0. The van der Waals surface area contributed by atoms with E-state index in [1.165, 1.54) is 19.3 Å². The van der Waals surface area contributed by atoms with Crippen molar-refractivity contribution in [3.8, 4) is 0 Å². The van der Waals surface area contributed by atoms with E-state index in [2.05, 4.69) is 5.32 Å². The maximum absolute atomic E-state index is 13.8. The van der Waals surface area contributed by atoms with E-state index >= 15 is 0 Å². The van der Waals surface area contributed by atoms with Gasteiger partial charge in [0.15, 0.2) is 0 Å². The Morgan fingerprint density at radius 2 is 1.58 bits per heavy atom. The smallest absolute Gasteiger partial charge is 0.255 e. The summed E-state index contributed by atoms with van der Waals surface area (Å²) < 4.78 is 0. The lowest BCUT2D eigenvalue weighted by Gasteiger charge is -2.47. The second kappa shape index (κ2) is 9.25. The van der Waals surface area contributed by atoms with Crippen molar-refractivity contribution in [1.82, 2.24) is 10.2 Å². The van der Waals surface area contributed by atoms with E-state index in [9.17, 15) is 9.59 Å². The summed E-state index contributed by atoms with van der Waals surface area (Å²) in [7, 11) is 0. The van der Waals surface area contributed by atoms with Gasteiger partial charge in [0.05, 0.1) is 6.04 Å². The molecule has 0 spiro atoms. The van der Waals surface area contributed by atoms with Gasteiger partial charge >= 0.3 is 0 Å². The average Bonchev–Trinajstić information content (AvgIpc) is 2.76. The zero-order valence-electron chi connectivity index (χ0n) is 18.8. The molecule has 1 saturated carbocycles. The van der Waals surface area contributed by atoms with Crippen LogP contribution in [0.5, 0.6) is 0 Å². The molecule has 164 valence electrons. The van der Waals surface area contributed by atoms with Crippen molar-refractivity contribution >= 4 is 11.8 Å². The quantitative estimate of drug-likeness (QED) is 0.719. The number of carbonyl (C=O) groups excluding carboxylic acids is 2. The van der Waals surface area contributed by atoms with Gasteiger partial charge in [-0.2, -0.15) is 0 Å². The van der Waals surface area contributed by atoms with Crippen LogP contribution >= 0.6 is 0 Å². The van der Waals surface area contributed by atoms with Crippen LogP contribution in [0.1, 0.15) is 86.3 Å². The highest BCUT2D eigenvalue weighted by molar-refractivity contribution is 6.02. The average molecular weight is 419 g/mol. The van der Waals surface area contributed by atoms with Crippen molar-refractivity contribution in [2.45, 2.75) is 82.8 Å². The molecular formula is C27H34N2O2. The van der Waals surface area contributed by atoms with Gasteiger partial charge in [0.2, 0.25) is 5.91 Å². The van der Waals surface area contributed by atoms with Crippen LogP contribution in [0.3, 0.4) is 0 Å². The molecule has 0 aromatic heterocycles. The van der Waals surface area contributed by atoms with E-state index in [4.69, 9.17) is 0 Å². The van der Waals surface area contributed by atoms with Crippen LogP contribution in [-0.4, -0.2) is 28.3 Å². The van der Waals surface area contributed by atoms with Crippen LogP contribution in [0.4, 0.5) is 0 Å². The van der Waals surface area contributed by atoms with Crippen molar-refractivity contribution in [2.24, 2.45) is 0 Å². The van der Waals surface area contributed by atoms with Gasteiger partial charge in [0.1, 0.15) is 5.54 Å². The van der Waals surface area contributed by atoms with Crippen molar-refractivity contribution in [2.75, 3.05) is 0 Å². The van der Waals surface area contributed by atoms with Gasteiger partial charge in [0, 0.05) is 18.0 Å².